The van der Waals surface area contributed by atoms with E-state index < -0.39 is 0 Å². The number of carbonyl (C=O) groups excluding carboxylic acids is 1. The lowest BCUT2D eigenvalue weighted by atomic mass is 10.1. The highest BCUT2D eigenvalue weighted by Gasteiger charge is 2.10. The average molecular weight is 244 g/mol. The molecule has 0 bridgehead atoms. The normalized spacial score (nSPS) is 9.89. The fourth-order valence-corrected chi connectivity index (χ4v) is 1.54. The van der Waals surface area contributed by atoms with Crippen molar-refractivity contribution in [1.29, 1.82) is 0 Å². The third-order valence-electron chi connectivity index (χ3n) is 2.47. The molecule has 0 atom stereocenters. The maximum absolute atomic E-state index is 10.6. The van der Waals surface area contributed by atoms with Gasteiger partial charge in [-0.2, -0.15) is 4.98 Å². The molecule has 0 saturated carbocycles. The summed E-state index contributed by atoms with van der Waals surface area (Å²) in [4.78, 5) is 18.7. The van der Waals surface area contributed by atoms with E-state index in [1.807, 2.05) is 12.1 Å². The molecule has 1 heterocycles. The molecule has 0 fully saturated rings. The molecule has 0 aliphatic carbocycles. The van der Waals surface area contributed by atoms with E-state index in [1.165, 1.54) is 14.2 Å². The molecule has 1 aromatic carbocycles. The molecule has 18 heavy (non-hydrogen) atoms. The molecule has 0 amide bonds. The summed E-state index contributed by atoms with van der Waals surface area (Å²) >= 11 is 0. The van der Waals surface area contributed by atoms with Gasteiger partial charge in [-0.3, -0.25) is 4.79 Å². The van der Waals surface area contributed by atoms with Gasteiger partial charge in [-0.05, 0) is 5.56 Å². The lowest BCUT2D eigenvalue weighted by Crippen LogP contribution is -1.97. The van der Waals surface area contributed by atoms with Crippen LogP contribution < -0.4 is 9.47 Å². The zero-order valence-corrected chi connectivity index (χ0v) is 10.1. The van der Waals surface area contributed by atoms with Crippen molar-refractivity contribution in [1.82, 2.24) is 9.97 Å². The first-order chi connectivity index (χ1) is 8.78. The predicted octanol–water partition coefficient (Wildman–Crippen LogP) is 1.97. The highest BCUT2D eigenvalue weighted by molar-refractivity contribution is 5.77. The van der Waals surface area contributed by atoms with Gasteiger partial charge in [0.15, 0.2) is 0 Å². The Labute approximate surface area is 104 Å². The number of aldehydes is 1. The monoisotopic (exact) mass is 244 g/mol. The molecule has 0 radical (unpaired) electrons. The summed E-state index contributed by atoms with van der Waals surface area (Å²) in [5.41, 5.74) is 2.24. The molecule has 0 N–H and O–H groups in total. The van der Waals surface area contributed by atoms with Gasteiger partial charge >= 0.3 is 6.01 Å². The quantitative estimate of drug-likeness (QED) is 0.769. The van der Waals surface area contributed by atoms with Crippen LogP contribution in [0.3, 0.4) is 0 Å². The molecule has 0 saturated heterocycles. The number of ether oxygens (including phenoxy) is 2. The van der Waals surface area contributed by atoms with E-state index >= 15 is 0 Å². The fraction of sp³-hybridized carbons (Fsp3) is 0.154. The Kier molecular flexibility index (Phi) is 3.52. The van der Waals surface area contributed by atoms with Crippen LogP contribution in [0.1, 0.15) is 10.4 Å². The van der Waals surface area contributed by atoms with Crippen molar-refractivity contribution in [3.8, 4) is 23.0 Å². The van der Waals surface area contributed by atoms with Crippen molar-refractivity contribution in [3.63, 3.8) is 0 Å². The van der Waals surface area contributed by atoms with E-state index in [4.69, 9.17) is 9.47 Å². The molecule has 0 aliphatic rings. The molecule has 2 aromatic rings. The second-order valence-corrected chi connectivity index (χ2v) is 3.52. The van der Waals surface area contributed by atoms with Gasteiger partial charge in [0, 0.05) is 11.8 Å². The standard InChI is InChI=1S/C13H12N2O3/c1-17-12-11(7-14-13(15-12)18-2)10-5-3-9(8-16)4-6-10/h3-8H,1-2H3. The van der Waals surface area contributed by atoms with E-state index in [0.29, 0.717) is 11.4 Å². The first-order valence-electron chi connectivity index (χ1n) is 5.29. The number of methoxy groups -OCH3 is 2. The Morgan fingerprint density at radius 1 is 1.11 bits per heavy atom. The van der Waals surface area contributed by atoms with E-state index in [1.54, 1.807) is 18.3 Å². The van der Waals surface area contributed by atoms with Crippen LogP contribution in [0, 0.1) is 0 Å². The summed E-state index contributed by atoms with van der Waals surface area (Å²) < 4.78 is 10.1. The van der Waals surface area contributed by atoms with Gasteiger partial charge in [0.25, 0.3) is 0 Å². The van der Waals surface area contributed by atoms with Crippen LogP contribution in [-0.4, -0.2) is 30.5 Å². The van der Waals surface area contributed by atoms with Gasteiger partial charge in [0.1, 0.15) is 6.29 Å². The average Bonchev–Trinajstić information content (AvgIpc) is 2.46. The minimum Gasteiger partial charge on any atom is -0.480 e. The summed E-state index contributed by atoms with van der Waals surface area (Å²) in [6.45, 7) is 0. The Bertz CT molecular complexity index is 553. The molecular formula is C13H12N2O3. The number of aromatic nitrogens is 2. The molecule has 0 unspecified atom stereocenters. The van der Waals surface area contributed by atoms with Crippen molar-refractivity contribution in [2.45, 2.75) is 0 Å². The molecular weight excluding hydrogens is 232 g/mol. The van der Waals surface area contributed by atoms with Gasteiger partial charge in [0.05, 0.1) is 19.8 Å². The fourth-order valence-electron chi connectivity index (χ4n) is 1.54. The molecule has 0 aliphatic heterocycles. The van der Waals surface area contributed by atoms with Crippen molar-refractivity contribution in [2.75, 3.05) is 14.2 Å². The molecule has 1 aromatic heterocycles. The first kappa shape index (κ1) is 12.0. The lowest BCUT2D eigenvalue weighted by Gasteiger charge is -2.08. The largest absolute Gasteiger partial charge is 0.480 e. The van der Waals surface area contributed by atoms with Crippen molar-refractivity contribution in [3.05, 3.63) is 36.0 Å². The van der Waals surface area contributed by atoms with Gasteiger partial charge in [-0.1, -0.05) is 24.3 Å². The second kappa shape index (κ2) is 5.27. The third kappa shape index (κ3) is 2.29. The number of hydrogen-bond donors (Lipinski definition) is 0. The Morgan fingerprint density at radius 3 is 2.39 bits per heavy atom. The van der Waals surface area contributed by atoms with Gasteiger partial charge in [-0.25, -0.2) is 4.98 Å². The Hall–Kier alpha value is -2.43. The van der Waals surface area contributed by atoms with E-state index in [0.717, 1.165) is 17.4 Å². The highest BCUT2D eigenvalue weighted by Crippen LogP contribution is 2.28. The van der Waals surface area contributed by atoms with E-state index in [-0.39, 0.29) is 6.01 Å². The molecule has 92 valence electrons. The summed E-state index contributed by atoms with van der Waals surface area (Å²) in [5, 5.41) is 0. The van der Waals surface area contributed by atoms with Crippen molar-refractivity contribution < 1.29 is 14.3 Å². The van der Waals surface area contributed by atoms with Crippen molar-refractivity contribution >= 4 is 6.29 Å². The zero-order valence-electron chi connectivity index (χ0n) is 10.1. The smallest absolute Gasteiger partial charge is 0.319 e. The molecule has 2 rings (SSSR count). The van der Waals surface area contributed by atoms with E-state index in [2.05, 4.69) is 9.97 Å². The summed E-state index contributed by atoms with van der Waals surface area (Å²) in [7, 11) is 3.03. The maximum Gasteiger partial charge on any atom is 0.319 e. The van der Waals surface area contributed by atoms with Crippen LogP contribution >= 0.6 is 0 Å². The number of carbonyl (C=O) groups is 1. The highest BCUT2D eigenvalue weighted by atomic mass is 16.5. The summed E-state index contributed by atoms with van der Waals surface area (Å²) in [5.74, 6) is 0.431. The molecule has 0 spiro atoms. The minimum absolute atomic E-state index is 0.250. The third-order valence-corrected chi connectivity index (χ3v) is 2.47. The Morgan fingerprint density at radius 2 is 1.83 bits per heavy atom. The number of rotatable bonds is 4. The topological polar surface area (TPSA) is 61.3 Å². The minimum atomic E-state index is 0.250. The number of hydrogen-bond acceptors (Lipinski definition) is 5. The van der Waals surface area contributed by atoms with Crippen LogP contribution in [0.5, 0.6) is 11.9 Å². The van der Waals surface area contributed by atoms with Gasteiger partial charge in [-0.15, -0.1) is 0 Å². The second-order valence-electron chi connectivity index (χ2n) is 3.52. The van der Waals surface area contributed by atoms with E-state index in [9.17, 15) is 4.79 Å². The lowest BCUT2D eigenvalue weighted by molar-refractivity contribution is 0.112. The first-order valence-corrected chi connectivity index (χ1v) is 5.29. The SMILES string of the molecule is COc1ncc(-c2ccc(C=O)cc2)c(OC)n1. The van der Waals surface area contributed by atoms with Crippen LogP contribution in [0.25, 0.3) is 11.1 Å². The Balaban J connectivity index is 2.45. The van der Waals surface area contributed by atoms with Crippen molar-refractivity contribution in [2.24, 2.45) is 0 Å². The van der Waals surface area contributed by atoms with Crippen LogP contribution in [0.4, 0.5) is 0 Å². The van der Waals surface area contributed by atoms with Gasteiger partial charge < -0.3 is 9.47 Å². The van der Waals surface area contributed by atoms with Crippen LogP contribution in [0.15, 0.2) is 30.5 Å². The number of nitrogens with zero attached hydrogens (tertiary/aromatic N) is 2. The predicted molar refractivity (Wildman–Crippen MR) is 66.0 cm³/mol. The van der Waals surface area contributed by atoms with Crippen LogP contribution in [-0.2, 0) is 0 Å². The summed E-state index contributed by atoms with van der Waals surface area (Å²) in [6, 6.07) is 7.34. The molecule has 5 nitrogen and oxygen atoms in total. The maximum atomic E-state index is 10.6. The van der Waals surface area contributed by atoms with Gasteiger partial charge in [0.2, 0.25) is 5.88 Å². The van der Waals surface area contributed by atoms with Crippen LogP contribution in [0.2, 0.25) is 0 Å². The zero-order chi connectivity index (χ0) is 13.0. The summed E-state index contributed by atoms with van der Waals surface area (Å²) in [6.07, 6.45) is 2.42. The molecule has 5 heteroatoms. The number of benzene rings is 1.